The largest absolute Gasteiger partial charge is 0.448 e. The lowest BCUT2D eigenvalue weighted by atomic mass is 9.65. The monoisotopic (exact) mass is 391 g/mol. The number of aromatic nitrogens is 1. The highest BCUT2D eigenvalue weighted by molar-refractivity contribution is 5.93. The number of likely N-dealkylation sites (tertiary alicyclic amines) is 2. The molecule has 1 aliphatic carbocycles. The summed E-state index contributed by atoms with van der Waals surface area (Å²) < 4.78 is 5.15. The number of hydrogen-bond donors (Lipinski definition) is 2. The molecule has 2 amide bonds. The molecule has 28 heavy (non-hydrogen) atoms. The number of aliphatic hydroxyl groups is 2. The van der Waals surface area contributed by atoms with Gasteiger partial charge in [0.05, 0.1) is 12.2 Å². The molecule has 3 heterocycles. The predicted octanol–water partition coefficient (Wildman–Crippen LogP) is 0.671. The van der Waals surface area contributed by atoms with Gasteiger partial charge in [-0.2, -0.15) is 0 Å². The Kier molecular flexibility index (Phi) is 5.18. The van der Waals surface area contributed by atoms with E-state index in [1.165, 1.54) is 6.39 Å². The standard InChI is InChI=1S/C20H29N3O5/c1-11-15(19(26)22-6-4-3-5-7-22)13-8-23(9-14(13)18(25)17(11)24)20(27)16-12(2)28-10-21-16/h10-11,13-15,17-18,24-25H,3-9H2,1-2H3/t11-,13+,14+,15+,17+,18+/m1/s1. The predicted molar refractivity (Wildman–Crippen MR) is 99.2 cm³/mol. The Morgan fingerprint density at radius 3 is 2.39 bits per heavy atom. The number of amides is 2. The van der Waals surface area contributed by atoms with E-state index in [1.54, 1.807) is 11.8 Å². The molecule has 2 saturated heterocycles. The maximum absolute atomic E-state index is 13.3. The normalized spacial score (nSPS) is 35.7. The van der Waals surface area contributed by atoms with Gasteiger partial charge >= 0.3 is 0 Å². The van der Waals surface area contributed by atoms with Gasteiger partial charge in [-0.1, -0.05) is 6.92 Å². The number of carbonyl (C=O) groups is 2. The second-order valence-corrected chi connectivity index (χ2v) is 8.55. The lowest BCUT2D eigenvalue weighted by molar-refractivity contribution is -0.156. The zero-order valence-electron chi connectivity index (χ0n) is 16.5. The van der Waals surface area contributed by atoms with Crippen LogP contribution in [0.25, 0.3) is 0 Å². The highest BCUT2D eigenvalue weighted by Gasteiger charge is 2.55. The third-order valence-electron chi connectivity index (χ3n) is 6.95. The van der Waals surface area contributed by atoms with Crippen LogP contribution in [-0.2, 0) is 4.79 Å². The molecule has 1 aromatic rings. The Morgan fingerprint density at radius 1 is 1.07 bits per heavy atom. The second-order valence-electron chi connectivity index (χ2n) is 8.55. The van der Waals surface area contributed by atoms with Gasteiger partial charge in [-0.25, -0.2) is 4.98 Å². The molecule has 154 valence electrons. The number of hydrogen-bond acceptors (Lipinski definition) is 6. The summed E-state index contributed by atoms with van der Waals surface area (Å²) in [4.78, 5) is 33.8. The third-order valence-corrected chi connectivity index (χ3v) is 6.95. The van der Waals surface area contributed by atoms with Crippen LogP contribution in [0.5, 0.6) is 0 Å². The zero-order valence-corrected chi connectivity index (χ0v) is 16.5. The average Bonchev–Trinajstić information content (AvgIpc) is 3.33. The summed E-state index contributed by atoms with van der Waals surface area (Å²) in [6, 6.07) is 0. The summed E-state index contributed by atoms with van der Waals surface area (Å²) in [6.45, 7) is 5.71. The Hall–Kier alpha value is -1.93. The maximum atomic E-state index is 13.3. The summed E-state index contributed by atoms with van der Waals surface area (Å²) >= 11 is 0. The number of carbonyl (C=O) groups excluding carboxylic acids is 2. The average molecular weight is 391 g/mol. The van der Waals surface area contributed by atoms with E-state index >= 15 is 0 Å². The minimum absolute atomic E-state index is 0.0556. The Morgan fingerprint density at radius 2 is 1.75 bits per heavy atom. The molecule has 0 radical (unpaired) electrons. The summed E-state index contributed by atoms with van der Waals surface area (Å²) in [6.07, 6.45) is 2.47. The zero-order chi connectivity index (χ0) is 20.0. The molecule has 1 saturated carbocycles. The van der Waals surface area contributed by atoms with Crippen molar-refractivity contribution in [3.8, 4) is 0 Å². The fourth-order valence-corrected chi connectivity index (χ4v) is 5.32. The van der Waals surface area contributed by atoms with Crippen molar-refractivity contribution in [3.63, 3.8) is 0 Å². The first kappa shape index (κ1) is 19.4. The molecule has 4 rings (SSSR count). The molecule has 1 aromatic heterocycles. The van der Waals surface area contributed by atoms with E-state index < -0.39 is 18.1 Å². The SMILES string of the molecule is Cc1ocnc1C(=O)N1C[C@@H]2[C@H](O)[C@@H](O)[C@H](C)[C@H](C(=O)N3CCCCC3)[C@H]2C1. The number of aryl methyl sites for hydroxylation is 1. The fraction of sp³-hybridized carbons (Fsp3) is 0.750. The van der Waals surface area contributed by atoms with Crippen LogP contribution in [0.15, 0.2) is 10.8 Å². The van der Waals surface area contributed by atoms with Crippen LogP contribution in [0, 0.1) is 30.6 Å². The van der Waals surface area contributed by atoms with E-state index in [4.69, 9.17) is 4.42 Å². The molecule has 3 aliphatic rings. The smallest absolute Gasteiger partial charge is 0.276 e. The van der Waals surface area contributed by atoms with E-state index in [0.29, 0.717) is 18.8 Å². The van der Waals surface area contributed by atoms with Crippen LogP contribution in [0.4, 0.5) is 0 Å². The Balaban J connectivity index is 1.58. The van der Waals surface area contributed by atoms with Gasteiger partial charge in [-0.05, 0) is 38.0 Å². The minimum Gasteiger partial charge on any atom is -0.448 e. The maximum Gasteiger partial charge on any atom is 0.276 e. The van der Waals surface area contributed by atoms with E-state index in [1.807, 2.05) is 11.8 Å². The molecular formula is C20H29N3O5. The van der Waals surface area contributed by atoms with Crippen LogP contribution < -0.4 is 0 Å². The van der Waals surface area contributed by atoms with E-state index in [0.717, 1.165) is 32.4 Å². The molecule has 2 N–H and O–H groups in total. The first-order valence-electron chi connectivity index (χ1n) is 10.2. The van der Waals surface area contributed by atoms with Crippen LogP contribution in [0.2, 0.25) is 0 Å². The first-order chi connectivity index (χ1) is 13.4. The molecule has 8 heteroatoms. The van der Waals surface area contributed by atoms with Crippen molar-refractivity contribution in [2.45, 2.75) is 45.3 Å². The molecule has 0 bridgehead atoms. The molecular weight excluding hydrogens is 362 g/mol. The number of oxazole rings is 1. The highest BCUT2D eigenvalue weighted by atomic mass is 16.3. The first-order valence-corrected chi connectivity index (χ1v) is 10.2. The van der Waals surface area contributed by atoms with Crippen molar-refractivity contribution in [1.29, 1.82) is 0 Å². The van der Waals surface area contributed by atoms with Crippen molar-refractivity contribution in [1.82, 2.24) is 14.8 Å². The molecule has 0 spiro atoms. The molecule has 3 fully saturated rings. The second kappa shape index (κ2) is 7.48. The van der Waals surface area contributed by atoms with Gasteiger partial charge in [0.25, 0.3) is 5.91 Å². The highest BCUT2D eigenvalue weighted by Crippen LogP contribution is 2.44. The molecule has 0 unspecified atom stereocenters. The van der Waals surface area contributed by atoms with Crippen molar-refractivity contribution in [2.24, 2.45) is 23.7 Å². The van der Waals surface area contributed by atoms with Gasteiger partial charge in [-0.15, -0.1) is 0 Å². The van der Waals surface area contributed by atoms with Crippen molar-refractivity contribution >= 4 is 11.8 Å². The van der Waals surface area contributed by atoms with Gasteiger partial charge in [0.2, 0.25) is 5.91 Å². The molecule has 8 nitrogen and oxygen atoms in total. The number of piperidine rings is 1. The summed E-state index contributed by atoms with van der Waals surface area (Å²) in [5.41, 5.74) is 0.264. The van der Waals surface area contributed by atoms with Gasteiger partial charge in [0.15, 0.2) is 12.1 Å². The summed E-state index contributed by atoms with van der Waals surface area (Å²) in [7, 11) is 0. The Labute approximate surface area is 164 Å². The summed E-state index contributed by atoms with van der Waals surface area (Å²) in [5, 5.41) is 21.3. The van der Waals surface area contributed by atoms with Crippen molar-refractivity contribution < 1.29 is 24.2 Å². The molecule has 2 aliphatic heterocycles. The molecule has 6 atom stereocenters. The quantitative estimate of drug-likeness (QED) is 0.767. The van der Waals surface area contributed by atoms with Crippen molar-refractivity contribution in [2.75, 3.05) is 26.2 Å². The minimum atomic E-state index is -0.969. The summed E-state index contributed by atoms with van der Waals surface area (Å²) in [5.74, 6) is -0.971. The van der Waals surface area contributed by atoms with Crippen molar-refractivity contribution in [3.05, 3.63) is 17.8 Å². The lowest BCUT2D eigenvalue weighted by Crippen LogP contribution is -2.56. The topological polar surface area (TPSA) is 107 Å². The number of fused-ring (bicyclic) bond motifs is 1. The van der Waals surface area contributed by atoms with Crippen LogP contribution in [0.1, 0.15) is 42.4 Å². The van der Waals surface area contributed by atoms with Gasteiger partial charge < -0.3 is 24.4 Å². The Bertz CT molecular complexity index is 744. The van der Waals surface area contributed by atoms with Gasteiger partial charge in [-0.3, -0.25) is 9.59 Å². The number of rotatable bonds is 2. The van der Waals surface area contributed by atoms with Crippen LogP contribution in [-0.4, -0.2) is 75.2 Å². The third kappa shape index (κ3) is 3.12. The van der Waals surface area contributed by atoms with Gasteiger partial charge in [0, 0.05) is 38.0 Å². The molecule has 0 aromatic carbocycles. The van der Waals surface area contributed by atoms with Crippen LogP contribution in [0.3, 0.4) is 0 Å². The van der Waals surface area contributed by atoms with Gasteiger partial charge in [0.1, 0.15) is 5.76 Å². The fourth-order valence-electron chi connectivity index (χ4n) is 5.32. The van der Waals surface area contributed by atoms with E-state index in [9.17, 15) is 19.8 Å². The van der Waals surface area contributed by atoms with Crippen LogP contribution >= 0.6 is 0 Å². The van der Waals surface area contributed by atoms with E-state index in [-0.39, 0.29) is 35.3 Å². The van der Waals surface area contributed by atoms with E-state index in [2.05, 4.69) is 4.98 Å². The number of nitrogens with zero attached hydrogens (tertiary/aromatic N) is 3. The number of aliphatic hydroxyl groups excluding tert-OH is 2. The lowest BCUT2D eigenvalue weighted by Gasteiger charge is -2.45.